The van der Waals surface area contributed by atoms with Crippen molar-refractivity contribution >= 4 is 5.97 Å². The van der Waals surface area contributed by atoms with Gasteiger partial charge in [0, 0.05) is 6.42 Å². The van der Waals surface area contributed by atoms with Crippen molar-refractivity contribution in [3.05, 3.63) is 0 Å². The van der Waals surface area contributed by atoms with Crippen LogP contribution in [0.2, 0.25) is 0 Å². The van der Waals surface area contributed by atoms with Crippen LogP contribution in [-0.4, -0.2) is 22.3 Å². The molecule has 0 aliphatic rings. The van der Waals surface area contributed by atoms with Gasteiger partial charge < -0.3 is 10.8 Å². The lowest BCUT2D eigenvalue weighted by Gasteiger charge is -2.25. The highest BCUT2D eigenvalue weighted by Gasteiger charge is 2.35. The third-order valence-corrected chi connectivity index (χ3v) is 1.28. The van der Waals surface area contributed by atoms with Crippen LogP contribution in [0.1, 0.15) is 27.2 Å². The van der Waals surface area contributed by atoms with E-state index in [2.05, 4.69) is 0 Å². The highest BCUT2D eigenvalue weighted by molar-refractivity contribution is 5.77. The fourth-order valence-electron chi connectivity index (χ4n) is 0.949. The van der Waals surface area contributed by atoms with Crippen LogP contribution in [-0.2, 0) is 4.79 Å². The number of hydrogen-bond donors (Lipinski definition) is 2. The van der Waals surface area contributed by atoms with Gasteiger partial charge in [-0.1, -0.05) is 0 Å². The van der Waals surface area contributed by atoms with Crippen molar-refractivity contribution < 1.29 is 14.3 Å². The number of carbonyl (C=O) groups is 1. The summed E-state index contributed by atoms with van der Waals surface area (Å²) < 4.78 is 12.9. The molecule has 0 amide bonds. The van der Waals surface area contributed by atoms with Crippen molar-refractivity contribution in [2.75, 3.05) is 0 Å². The molecule has 4 heteroatoms. The minimum Gasteiger partial charge on any atom is -0.480 e. The highest BCUT2D eigenvalue weighted by Crippen LogP contribution is 2.21. The fourth-order valence-corrected chi connectivity index (χ4v) is 0.949. The molecule has 0 aliphatic carbocycles. The lowest BCUT2D eigenvalue weighted by molar-refractivity contribution is -0.144. The summed E-state index contributed by atoms with van der Waals surface area (Å²) in [5.74, 6) is -1.18. The second-order valence-corrected chi connectivity index (χ2v) is 3.62. The van der Waals surface area contributed by atoms with E-state index in [1.54, 1.807) is 0 Å². The minimum absolute atomic E-state index is 0.185. The maximum absolute atomic E-state index is 12.9. The van der Waals surface area contributed by atoms with E-state index in [-0.39, 0.29) is 6.42 Å². The predicted octanol–water partition coefficient (Wildman–Crippen LogP) is 0.927. The molecule has 0 aliphatic heterocycles. The van der Waals surface area contributed by atoms with E-state index in [1.165, 1.54) is 20.8 Å². The molecule has 0 bridgehead atoms. The Morgan fingerprint density at radius 1 is 1.55 bits per heavy atom. The van der Waals surface area contributed by atoms with Crippen LogP contribution in [0.4, 0.5) is 4.39 Å². The van der Waals surface area contributed by atoms with Crippen LogP contribution < -0.4 is 5.73 Å². The Balaban J connectivity index is 4.25. The number of hydrogen-bond acceptors (Lipinski definition) is 2. The lowest BCUT2D eigenvalue weighted by atomic mass is 9.90. The molecule has 3 nitrogen and oxygen atoms in total. The van der Waals surface area contributed by atoms with Crippen molar-refractivity contribution in [2.45, 2.75) is 38.4 Å². The normalized spacial score (nSPS) is 17.5. The lowest BCUT2D eigenvalue weighted by Crippen LogP contribution is -2.48. The second-order valence-electron chi connectivity index (χ2n) is 3.62. The van der Waals surface area contributed by atoms with Gasteiger partial charge in [0.15, 0.2) is 0 Å². The Morgan fingerprint density at radius 3 is 2.00 bits per heavy atom. The number of alkyl halides is 1. The Bertz CT molecular complexity index is 160. The molecule has 0 saturated carbocycles. The number of carboxylic acids is 1. The average Bonchev–Trinajstić information content (AvgIpc) is 1.56. The van der Waals surface area contributed by atoms with Gasteiger partial charge in [-0.2, -0.15) is 0 Å². The van der Waals surface area contributed by atoms with Crippen LogP contribution in [0, 0.1) is 0 Å². The van der Waals surface area contributed by atoms with E-state index < -0.39 is 17.2 Å². The summed E-state index contributed by atoms with van der Waals surface area (Å²) in [4.78, 5) is 10.4. The summed E-state index contributed by atoms with van der Waals surface area (Å²) in [5.41, 5.74) is 2.29. The van der Waals surface area contributed by atoms with Gasteiger partial charge >= 0.3 is 5.97 Å². The van der Waals surface area contributed by atoms with Gasteiger partial charge in [-0.05, 0) is 20.8 Å². The summed E-state index contributed by atoms with van der Waals surface area (Å²) in [7, 11) is 0. The number of rotatable bonds is 3. The van der Waals surface area contributed by atoms with Gasteiger partial charge in [0.05, 0.1) is 0 Å². The number of aliphatic carboxylic acids is 1. The van der Waals surface area contributed by atoms with Gasteiger partial charge in [-0.3, -0.25) is 4.79 Å². The molecule has 0 aromatic rings. The number of halogens is 1. The zero-order chi connectivity index (χ0) is 9.28. The second kappa shape index (κ2) is 2.77. The minimum atomic E-state index is -1.54. The Labute approximate surface area is 65.4 Å². The molecule has 0 rings (SSSR count). The molecule has 0 radical (unpaired) electrons. The molecule has 0 aromatic heterocycles. The SMILES string of the molecule is CC(C)(F)C[C@](C)(N)C(=O)O. The molecule has 0 saturated heterocycles. The molecule has 0 spiro atoms. The third-order valence-electron chi connectivity index (χ3n) is 1.28. The Kier molecular flexibility index (Phi) is 2.61. The third kappa shape index (κ3) is 3.93. The van der Waals surface area contributed by atoms with E-state index in [4.69, 9.17) is 10.8 Å². The zero-order valence-electron chi connectivity index (χ0n) is 7.02. The van der Waals surface area contributed by atoms with Crippen molar-refractivity contribution in [3.8, 4) is 0 Å². The van der Waals surface area contributed by atoms with Gasteiger partial charge in [-0.25, -0.2) is 4.39 Å². The first-order valence-electron chi connectivity index (χ1n) is 3.36. The monoisotopic (exact) mass is 163 g/mol. The van der Waals surface area contributed by atoms with Gasteiger partial charge in [-0.15, -0.1) is 0 Å². The van der Waals surface area contributed by atoms with Gasteiger partial charge in [0.25, 0.3) is 0 Å². The van der Waals surface area contributed by atoms with Crippen LogP contribution >= 0.6 is 0 Å². The number of nitrogens with two attached hydrogens (primary N) is 1. The molecule has 3 N–H and O–H groups in total. The van der Waals surface area contributed by atoms with E-state index in [0.717, 1.165) is 0 Å². The van der Waals surface area contributed by atoms with Gasteiger partial charge in [0.1, 0.15) is 11.2 Å². The van der Waals surface area contributed by atoms with Crippen LogP contribution in [0.25, 0.3) is 0 Å². The predicted molar refractivity (Wildman–Crippen MR) is 40.0 cm³/mol. The smallest absolute Gasteiger partial charge is 0.323 e. The molecule has 11 heavy (non-hydrogen) atoms. The Morgan fingerprint density at radius 2 is 1.91 bits per heavy atom. The fraction of sp³-hybridized carbons (Fsp3) is 0.857. The molecule has 0 aromatic carbocycles. The molecule has 66 valence electrons. The van der Waals surface area contributed by atoms with Crippen LogP contribution in [0.5, 0.6) is 0 Å². The first-order chi connectivity index (χ1) is 4.65. The van der Waals surface area contributed by atoms with Crippen LogP contribution in [0.3, 0.4) is 0 Å². The molecule has 0 fully saturated rings. The molecular formula is C7H14FNO2. The first-order valence-corrected chi connectivity index (χ1v) is 3.36. The van der Waals surface area contributed by atoms with Crippen molar-refractivity contribution in [1.82, 2.24) is 0 Å². The standard InChI is InChI=1S/C7H14FNO2/c1-6(2,8)4-7(3,9)5(10)11/h4,9H2,1-3H3,(H,10,11)/t7-/m0/s1. The Hall–Kier alpha value is -0.640. The highest BCUT2D eigenvalue weighted by atomic mass is 19.1. The largest absolute Gasteiger partial charge is 0.480 e. The summed E-state index contributed by atoms with van der Waals surface area (Å²) in [5, 5.41) is 8.51. The first kappa shape index (κ1) is 10.4. The maximum atomic E-state index is 12.9. The van der Waals surface area contributed by atoms with E-state index in [1.807, 2.05) is 0 Å². The van der Waals surface area contributed by atoms with Crippen molar-refractivity contribution in [2.24, 2.45) is 5.73 Å². The summed E-state index contributed by atoms with van der Waals surface area (Å²) in [6, 6.07) is 0. The summed E-state index contributed by atoms with van der Waals surface area (Å²) in [6.45, 7) is 3.92. The van der Waals surface area contributed by atoms with Crippen molar-refractivity contribution in [1.29, 1.82) is 0 Å². The molecule has 1 atom stereocenters. The average molecular weight is 163 g/mol. The maximum Gasteiger partial charge on any atom is 0.323 e. The number of carboxylic acid groups (broad SMARTS) is 1. The molecule has 0 unspecified atom stereocenters. The topological polar surface area (TPSA) is 63.3 Å². The quantitative estimate of drug-likeness (QED) is 0.650. The van der Waals surface area contributed by atoms with Gasteiger partial charge in [0.2, 0.25) is 0 Å². The zero-order valence-corrected chi connectivity index (χ0v) is 7.02. The van der Waals surface area contributed by atoms with Crippen LogP contribution in [0.15, 0.2) is 0 Å². The van der Waals surface area contributed by atoms with E-state index in [9.17, 15) is 9.18 Å². The molecular weight excluding hydrogens is 149 g/mol. The summed E-state index contributed by atoms with van der Waals surface area (Å²) >= 11 is 0. The van der Waals surface area contributed by atoms with E-state index in [0.29, 0.717) is 0 Å². The summed E-state index contributed by atoms with van der Waals surface area (Å²) in [6.07, 6.45) is -0.185. The molecule has 0 heterocycles. The van der Waals surface area contributed by atoms with E-state index >= 15 is 0 Å². The van der Waals surface area contributed by atoms with Crippen molar-refractivity contribution in [3.63, 3.8) is 0 Å².